The van der Waals surface area contributed by atoms with Crippen LogP contribution in [0.2, 0.25) is 0 Å². The largest absolute Gasteiger partial charge is 0.493 e. The molecule has 0 aliphatic carbocycles. The Kier molecular flexibility index (Phi) is 11.3. The zero-order valence-corrected chi connectivity index (χ0v) is 23.3. The number of nitrogens with one attached hydrogen (secondary N) is 2. The summed E-state index contributed by atoms with van der Waals surface area (Å²) in [4.78, 5) is 34.9. The van der Waals surface area contributed by atoms with Crippen molar-refractivity contribution in [1.29, 1.82) is 0 Å². The van der Waals surface area contributed by atoms with Gasteiger partial charge in [-0.05, 0) is 57.6 Å². The predicted octanol–water partition coefficient (Wildman–Crippen LogP) is 5.47. The van der Waals surface area contributed by atoms with E-state index < -0.39 is 0 Å². The van der Waals surface area contributed by atoms with Crippen molar-refractivity contribution in [3.8, 4) is 5.75 Å². The number of carbonyl (C=O) groups is 2. The third-order valence-corrected chi connectivity index (χ3v) is 5.69. The van der Waals surface area contributed by atoms with Crippen LogP contribution in [0.15, 0.2) is 71.2 Å². The van der Waals surface area contributed by atoms with Gasteiger partial charge in [-0.2, -0.15) is 4.98 Å². The van der Waals surface area contributed by atoms with Gasteiger partial charge in [0.15, 0.2) is 0 Å². The Labute approximate surface area is 231 Å². The van der Waals surface area contributed by atoms with Crippen molar-refractivity contribution >= 4 is 56.2 Å². The smallest absolute Gasteiger partial charge is 0.320 e. The molecule has 0 aliphatic rings. The van der Waals surface area contributed by atoms with Crippen molar-refractivity contribution in [2.24, 2.45) is 0 Å². The van der Waals surface area contributed by atoms with Gasteiger partial charge in [-0.15, -0.1) is 0 Å². The molecule has 2 N–H and O–H groups in total. The lowest BCUT2D eigenvalue weighted by Crippen LogP contribution is -2.29. The summed E-state index contributed by atoms with van der Waals surface area (Å²) in [6, 6.07) is 13.3. The third-order valence-electron chi connectivity index (χ3n) is 5.20. The van der Waals surface area contributed by atoms with E-state index >= 15 is 0 Å². The molecule has 1 amide bonds. The van der Waals surface area contributed by atoms with Crippen LogP contribution in [0.5, 0.6) is 5.75 Å². The number of benzene rings is 2. The van der Waals surface area contributed by atoms with Gasteiger partial charge in [0.05, 0.1) is 25.3 Å². The zero-order chi connectivity index (χ0) is 27.3. The van der Waals surface area contributed by atoms with Crippen LogP contribution in [0.25, 0.3) is 10.9 Å². The summed E-state index contributed by atoms with van der Waals surface area (Å²) in [7, 11) is 1.87. The normalized spacial score (nSPS) is 11.4. The van der Waals surface area contributed by atoms with Gasteiger partial charge in [-0.25, -0.2) is 4.98 Å². The second-order valence-corrected chi connectivity index (χ2v) is 9.24. The molecule has 0 atom stereocenters. The SMILES string of the molecule is C/C=C/C=C/C(=O)Nc1nc(Nc2cccc(Br)c2)c2ccc(OCCCN(C)CC(=O)OCC)cc2n1. The topological polar surface area (TPSA) is 106 Å². The number of ether oxygens (including phenoxy) is 2. The van der Waals surface area contributed by atoms with Gasteiger partial charge < -0.3 is 14.8 Å². The highest BCUT2D eigenvalue weighted by Gasteiger charge is 2.12. The molecule has 38 heavy (non-hydrogen) atoms. The van der Waals surface area contributed by atoms with E-state index in [2.05, 4.69) is 36.5 Å². The molecule has 0 unspecified atom stereocenters. The monoisotopic (exact) mass is 581 g/mol. The molecular formula is C28H32BrN5O4. The number of nitrogens with zero attached hydrogens (tertiary/aromatic N) is 3. The molecule has 2 aromatic carbocycles. The molecule has 0 aliphatic heterocycles. The molecule has 9 nitrogen and oxygen atoms in total. The molecule has 10 heteroatoms. The van der Waals surface area contributed by atoms with E-state index in [4.69, 9.17) is 9.47 Å². The highest BCUT2D eigenvalue weighted by Crippen LogP contribution is 2.29. The number of hydrogen-bond acceptors (Lipinski definition) is 8. The van der Waals surface area contributed by atoms with Crippen molar-refractivity contribution in [2.45, 2.75) is 20.3 Å². The van der Waals surface area contributed by atoms with E-state index in [1.165, 1.54) is 6.08 Å². The number of fused-ring (bicyclic) bond motifs is 1. The average Bonchev–Trinajstić information content (AvgIpc) is 2.87. The maximum atomic E-state index is 12.3. The zero-order valence-electron chi connectivity index (χ0n) is 21.7. The molecule has 0 spiro atoms. The highest BCUT2D eigenvalue weighted by atomic mass is 79.9. The first-order chi connectivity index (χ1) is 18.4. The van der Waals surface area contributed by atoms with Crippen molar-refractivity contribution in [2.75, 3.05) is 44.0 Å². The van der Waals surface area contributed by atoms with Crippen LogP contribution in [-0.2, 0) is 14.3 Å². The number of halogens is 1. The van der Waals surface area contributed by atoms with Crippen molar-refractivity contribution in [3.63, 3.8) is 0 Å². The second kappa shape index (κ2) is 14.8. The minimum absolute atomic E-state index is 0.169. The molecule has 1 heterocycles. The van der Waals surface area contributed by atoms with Gasteiger partial charge in [-0.1, -0.05) is 40.2 Å². The standard InChI is InChI=1S/C28H32BrN5O4/c1-4-6-7-12-25(35)32-28-31-24-18-22(38-16-9-15-34(3)19-26(36)37-5-2)13-14-23(24)27(33-28)30-21-11-8-10-20(29)17-21/h4,6-8,10-14,17-18H,5,9,15-16,19H2,1-3H3,(H2,30,31,32,33,35)/b6-4+,12-7+. The number of amides is 1. The molecule has 3 rings (SSSR count). The van der Waals surface area contributed by atoms with Crippen LogP contribution >= 0.6 is 15.9 Å². The first-order valence-corrected chi connectivity index (χ1v) is 13.1. The van der Waals surface area contributed by atoms with Gasteiger partial charge in [0.2, 0.25) is 5.95 Å². The van der Waals surface area contributed by atoms with Crippen LogP contribution < -0.4 is 15.4 Å². The van der Waals surface area contributed by atoms with E-state index in [1.54, 1.807) is 19.1 Å². The quantitative estimate of drug-likeness (QED) is 0.118. The molecule has 0 fully saturated rings. The van der Waals surface area contributed by atoms with Gasteiger partial charge in [-0.3, -0.25) is 19.8 Å². The third kappa shape index (κ3) is 9.28. The first kappa shape index (κ1) is 28.8. The van der Waals surface area contributed by atoms with Gasteiger partial charge in [0, 0.05) is 34.2 Å². The van der Waals surface area contributed by atoms with Gasteiger partial charge in [0.25, 0.3) is 5.91 Å². The summed E-state index contributed by atoms with van der Waals surface area (Å²) >= 11 is 3.48. The number of allylic oxidation sites excluding steroid dienone is 3. The van der Waals surface area contributed by atoms with Gasteiger partial charge >= 0.3 is 5.97 Å². The summed E-state index contributed by atoms with van der Waals surface area (Å²) in [6.45, 7) is 5.43. The summed E-state index contributed by atoms with van der Waals surface area (Å²) in [5, 5.41) is 6.81. The molecule has 0 radical (unpaired) electrons. The predicted molar refractivity (Wildman–Crippen MR) is 154 cm³/mol. The Morgan fingerprint density at radius 2 is 1.97 bits per heavy atom. The van der Waals surface area contributed by atoms with Crippen LogP contribution in [0.4, 0.5) is 17.5 Å². The van der Waals surface area contributed by atoms with Crippen molar-refractivity contribution in [1.82, 2.24) is 14.9 Å². The van der Waals surface area contributed by atoms with Crippen LogP contribution in [0, 0.1) is 0 Å². The minimum Gasteiger partial charge on any atom is -0.493 e. The van der Waals surface area contributed by atoms with E-state index in [9.17, 15) is 9.59 Å². The summed E-state index contributed by atoms with van der Waals surface area (Å²) < 4.78 is 11.8. The van der Waals surface area contributed by atoms with E-state index in [-0.39, 0.29) is 24.4 Å². The van der Waals surface area contributed by atoms with Crippen LogP contribution in [0.1, 0.15) is 20.3 Å². The molecule has 200 valence electrons. The van der Waals surface area contributed by atoms with Crippen molar-refractivity contribution in [3.05, 3.63) is 71.2 Å². The number of esters is 1. The Morgan fingerprint density at radius 1 is 1.13 bits per heavy atom. The van der Waals surface area contributed by atoms with Crippen LogP contribution in [0.3, 0.4) is 0 Å². The van der Waals surface area contributed by atoms with E-state index in [1.807, 2.05) is 67.4 Å². The maximum absolute atomic E-state index is 12.3. The average molecular weight is 582 g/mol. The lowest BCUT2D eigenvalue weighted by atomic mass is 10.2. The van der Waals surface area contributed by atoms with E-state index in [0.717, 1.165) is 22.0 Å². The fourth-order valence-electron chi connectivity index (χ4n) is 3.49. The molecule has 0 saturated carbocycles. The second-order valence-electron chi connectivity index (χ2n) is 8.33. The number of aromatic nitrogens is 2. The Morgan fingerprint density at radius 3 is 2.74 bits per heavy atom. The van der Waals surface area contributed by atoms with E-state index in [0.29, 0.717) is 36.8 Å². The summed E-state index contributed by atoms with van der Waals surface area (Å²) in [5.41, 5.74) is 1.44. The molecule has 1 aromatic heterocycles. The highest BCUT2D eigenvalue weighted by molar-refractivity contribution is 9.10. The number of carbonyl (C=O) groups excluding carboxylic acids is 2. The Bertz CT molecular complexity index is 1310. The first-order valence-electron chi connectivity index (χ1n) is 12.3. The molecule has 0 saturated heterocycles. The van der Waals surface area contributed by atoms with Gasteiger partial charge in [0.1, 0.15) is 11.6 Å². The molecule has 3 aromatic rings. The Balaban J connectivity index is 1.76. The fourth-order valence-corrected chi connectivity index (χ4v) is 3.89. The number of likely N-dealkylation sites (N-methyl/N-ethyl adjacent to an activating group) is 1. The Hall–Kier alpha value is -3.76. The number of rotatable bonds is 13. The van der Waals surface area contributed by atoms with Crippen LogP contribution in [-0.4, -0.2) is 60.1 Å². The van der Waals surface area contributed by atoms with Crippen molar-refractivity contribution < 1.29 is 19.1 Å². The molecule has 0 bridgehead atoms. The lowest BCUT2D eigenvalue weighted by molar-refractivity contribution is -0.144. The lowest BCUT2D eigenvalue weighted by Gasteiger charge is -2.16. The fraction of sp³-hybridized carbons (Fsp3) is 0.286. The number of hydrogen-bond donors (Lipinski definition) is 2. The minimum atomic E-state index is -0.338. The maximum Gasteiger partial charge on any atom is 0.320 e. The summed E-state index contributed by atoms with van der Waals surface area (Å²) in [5.74, 6) is 0.784. The summed E-state index contributed by atoms with van der Waals surface area (Å²) in [6.07, 6.45) is 7.38. The number of anilines is 3. The molecular weight excluding hydrogens is 550 g/mol.